The highest BCUT2D eigenvalue weighted by Crippen LogP contribution is 2.37. The molecule has 13 heteroatoms. The fraction of sp³-hybridized carbons (Fsp3) is 0.250. The van der Waals surface area contributed by atoms with Crippen LogP contribution in [0.25, 0.3) is 10.4 Å². The molecule has 0 atom stereocenters. The molecule has 37 heavy (non-hydrogen) atoms. The first-order valence-corrected chi connectivity index (χ1v) is 12.1. The van der Waals surface area contributed by atoms with E-state index >= 15 is 0 Å². The predicted octanol–water partition coefficient (Wildman–Crippen LogP) is 4.50. The van der Waals surface area contributed by atoms with Gasteiger partial charge in [0.2, 0.25) is 0 Å². The minimum absolute atomic E-state index is 0.0293. The quantitative estimate of drug-likeness (QED) is 0.254. The minimum atomic E-state index is -0.673. The number of nitrogens with one attached hydrogen (secondary N) is 1. The minimum Gasteiger partial charge on any atom is -0.462 e. The monoisotopic (exact) mass is 526 g/mol. The van der Waals surface area contributed by atoms with E-state index in [-0.39, 0.29) is 34.1 Å². The van der Waals surface area contributed by atoms with Crippen molar-refractivity contribution in [2.24, 2.45) is 0 Å². The summed E-state index contributed by atoms with van der Waals surface area (Å²) in [4.78, 5) is 50.0. The first kappa shape index (κ1) is 25.7. The van der Waals surface area contributed by atoms with Crippen molar-refractivity contribution < 1.29 is 28.9 Å². The second kappa shape index (κ2) is 11.1. The number of ether oxygens (including phenoxy) is 2. The zero-order valence-electron chi connectivity index (χ0n) is 19.7. The highest BCUT2D eigenvalue weighted by Gasteiger charge is 2.25. The number of esters is 1. The number of rotatable bonds is 8. The number of carbonyl (C=O) groups excluding carboxylic acids is 2. The van der Waals surface area contributed by atoms with Gasteiger partial charge in [-0.25, -0.2) is 4.79 Å². The molecule has 1 aliphatic heterocycles. The number of nitro benzene ring substituents is 2. The third-order valence-corrected chi connectivity index (χ3v) is 6.73. The Kier molecular flexibility index (Phi) is 7.74. The number of nitrogens with zero attached hydrogens (tertiary/aromatic N) is 3. The van der Waals surface area contributed by atoms with Crippen LogP contribution in [0.2, 0.25) is 0 Å². The third kappa shape index (κ3) is 5.73. The molecule has 1 fully saturated rings. The van der Waals surface area contributed by atoms with Crippen molar-refractivity contribution in [1.29, 1.82) is 0 Å². The molecular weight excluding hydrogens is 504 g/mol. The summed E-state index contributed by atoms with van der Waals surface area (Å²) < 4.78 is 10.4. The van der Waals surface area contributed by atoms with Crippen LogP contribution in [-0.2, 0) is 9.47 Å². The molecule has 1 amide bonds. The Labute approximate surface area is 214 Å². The van der Waals surface area contributed by atoms with Gasteiger partial charge in [-0.1, -0.05) is 12.1 Å². The van der Waals surface area contributed by atoms with Crippen LogP contribution in [0.4, 0.5) is 22.7 Å². The summed E-state index contributed by atoms with van der Waals surface area (Å²) in [5.74, 6) is -1.33. The van der Waals surface area contributed by atoms with Gasteiger partial charge in [0.1, 0.15) is 10.6 Å². The highest BCUT2D eigenvalue weighted by atomic mass is 32.1. The molecular formula is C24H22N4O8S. The van der Waals surface area contributed by atoms with Gasteiger partial charge in [0.15, 0.2) is 0 Å². The van der Waals surface area contributed by atoms with Gasteiger partial charge in [-0.15, -0.1) is 11.3 Å². The first-order valence-electron chi connectivity index (χ1n) is 11.3. The van der Waals surface area contributed by atoms with Crippen molar-refractivity contribution in [2.45, 2.75) is 6.92 Å². The summed E-state index contributed by atoms with van der Waals surface area (Å²) in [5, 5.41) is 25.6. The highest BCUT2D eigenvalue weighted by molar-refractivity contribution is 7.18. The number of thiophene rings is 1. The fourth-order valence-electron chi connectivity index (χ4n) is 3.82. The summed E-state index contributed by atoms with van der Waals surface area (Å²) >= 11 is 1.01. The van der Waals surface area contributed by atoms with Crippen molar-refractivity contribution >= 4 is 46.0 Å². The molecule has 0 radical (unpaired) electrons. The lowest BCUT2D eigenvalue weighted by Crippen LogP contribution is -2.36. The molecule has 1 aromatic heterocycles. The number of amides is 1. The molecule has 0 bridgehead atoms. The molecule has 0 unspecified atom stereocenters. The summed E-state index contributed by atoms with van der Waals surface area (Å²) in [7, 11) is 0. The standard InChI is InChI=1S/C24H22N4O8S/c1-2-36-24(30)22-18(14-21(37-22)15-4-3-5-17(12-15)27(31)32)25-23(29)16-6-7-19(20(13-16)28(33)34)26-8-10-35-11-9-26/h3-7,12-14H,2,8-11H2,1H3,(H,25,29). The van der Waals surface area contributed by atoms with E-state index in [9.17, 15) is 29.8 Å². The first-order chi connectivity index (χ1) is 17.8. The van der Waals surface area contributed by atoms with E-state index in [1.54, 1.807) is 13.0 Å². The molecule has 12 nitrogen and oxygen atoms in total. The Hall–Kier alpha value is -4.36. The molecule has 0 saturated carbocycles. The Balaban J connectivity index is 1.66. The van der Waals surface area contributed by atoms with Crippen LogP contribution in [0, 0.1) is 20.2 Å². The van der Waals surface area contributed by atoms with Gasteiger partial charge in [-0.2, -0.15) is 0 Å². The van der Waals surface area contributed by atoms with Crippen LogP contribution >= 0.6 is 11.3 Å². The van der Waals surface area contributed by atoms with Crippen LogP contribution in [0.5, 0.6) is 0 Å². The number of hydrogen-bond acceptors (Lipinski definition) is 10. The number of non-ortho nitro benzene ring substituents is 1. The number of hydrogen-bond donors (Lipinski definition) is 1. The van der Waals surface area contributed by atoms with E-state index in [1.807, 2.05) is 4.90 Å². The average molecular weight is 527 g/mol. The molecule has 4 rings (SSSR count). The lowest BCUT2D eigenvalue weighted by molar-refractivity contribution is -0.384. The van der Waals surface area contributed by atoms with Crippen molar-refractivity contribution in [2.75, 3.05) is 43.1 Å². The van der Waals surface area contributed by atoms with E-state index in [0.717, 1.165) is 11.3 Å². The average Bonchev–Trinajstić information content (AvgIpc) is 3.33. The van der Waals surface area contributed by atoms with Gasteiger partial charge in [0, 0.05) is 41.7 Å². The third-order valence-electron chi connectivity index (χ3n) is 5.57. The zero-order chi connectivity index (χ0) is 26.5. The van der Waals surface area contributed by atoms with E-state index < -0.39 is 21.7 Å². The summed E-state index contributed by atoms with van der Waals surface area (Å²) in [6.45, 7) is 3.61. The predicted molar refractivity (Wildman–Crippen MR) is 136 cm³/mol. The smallest absolute Gasteiger partial charge is 0.350 e. The van der Waals surface area contributed by atoms with Crippen LogP contribution in [0.3, 0.4) is 0 Å². The maximum absolute atomic E-state index is 13.1. The molecule has 2 aromatic carbocycles. The topological polar surface area (TPSA) is 154 Å². The Morgan fingerprint density at radius 3 is 2.51 bits per heavy atom. The fourth-order valence-corrected chi connectivity index (χ4v) is 4.83. The van der Waals surface area contributed by atoms with E-state index in [2.05, 4.69) is 5.32 Å². The molecule has 2 heterocycles. The molecule has 1 aliphatic rings. The van der Waals surface area contributed by atoms with Gasteiger partial charge in [0.25, 0.3) is 17.3 Å². The molecule has 0 aliphatic carbocycles. The van der Waals surface area contributed by atoms with Gasteiger partial charge in [-0.05, 0) is 30.7 Å². The molecule has 0 spiro atoms. The Bertz CT molecular complexity index is 1370. The normalized spacial score (nSPS) is 13.2. The number of nitro groups is 2. The Morgan fingerprint density at radius 1 is 1.08 bits per heavy atom. The van der Waals surface area contributed by atoms with Crippen LogP contribution in [-0.4, -0.2) is 54.6 Å². The SMILES string of the molecule is CCOC(=O)c1sc(-c2cccc([N+](=O)[O-])c2)cc1NC(=O)c1ccc(N2CCOCC2)c([N+](=O)[O-])c1. The second-order valence-electron chi connectivity index (χ2n) is 7.90. The van der Waals surface area contributed by atoms with Crippen LogP contribution < -0.4 is 10.2 Å². The maximum Gasteiger partial charge on any atom is 0.350 e. The van der Waals surface area contributed by atoms with Crippen molar-refractivity contribution in [3.63, 3.8) is 0 Å². The van der Waals surface area contributed by atoms with E-state index in [1.165, 1.54) is 42.5 Å². The second-order valence-corrected chi connectivity index (χ2v) is 8.95. The number of morpholine rings is 1. The number of anilines is 2. The largest absolute Gasteiger partial charge is 0.462 e. The van der Waals surface area contributed by atoms with Crippen molar-refractivity contribution in [3.05, 3.63) is 79.2 Å². The summed E-state index contributed by atoms with van der Waals surface area (Å²) in [6, 6.07) is 11.6. The lowest BCUT2D eigenvalue weighted by Gasteiger charge is -2.28. The van der Waals surface area contributed by atoms with Crippen LogP contribution in [0.15, 0.2) is 48.5 Å². The van der Waals surface area contributed by atoms with Gasteiger partial charge < -0.3 is 19.7 Å². The zero-order valence-corrected chi connectivity index (χ0v) is 20.5. The van der Waals surface area contributed by atoms with Crippen molar-refractivity contribution in [1.82, 2.24) is 0 Å². The molecule has 1 N–H and O–H groups in total. The molecule has 192 valence electrons. The van der Waals surface area contributed by atoms with Gasteiger partial charge in [-0.3, -0.25) is 25.0 Å². The summed E-state index contributed by atoms with van der Waals surface area (Å²) in [5.41, 5.74) is 0.692. The molecule has 1 saturated heterocycles. The van der Waals surface area contributed by atoms with Gasteiger partial charge >= 0.3 is 5.97 Å². The lowest BCUT2D eigenvalue weighted by atomic mass is 10.1. The van der Waals surface area contributed by atoms with Crippen LogP contribution in [0.1, 0.15) is 27.0 Å². The summed E-state index contributed by atoms with van der Waals surface area (Å²) in [6.07, 6.45) is 0. The van der Waals surface area contributed by atoms with E-state index in [4.69, 9.17) is 9.47 Å². The van der Waals surface area contributed by atoms with E-state index in [0.29, 0.717) is 42.4 Å². The molecule has 3 aromatic rings. The maximum atomic E-state index is 13.1. The van der Waals surface area contributed by atoms with Crippen molar-refractivity contribution in [3.8, 4) is 10.4 Å². The van der Waals surface area contributed by atoms with Gasteiger partial charge in [0.05, 0.1) is 35.4 Å². The Morgan fingerprint density at radius 2 is 1.84 bits per heavy atom. The number of benzene rings is 2. The number of carbonyl (C=O) groups is 2.